The molecule has 1 aliphatic heterocycles. The van der Waals surface area contributed by atoms with Crippen molar-refractivity contribution in [1.82, 2.24) is 5.32 Å². The quantitative estimate of drug-likeness (QED) is 0.874. The first-order valence-corrected chi connectivity index (χ1v) is 7.37. The molecule has 0 bridgehead atoms. The van der Waals surface area contributed by atoms with Crippen molar-refractivity contribution in [3.63, 3.8) is 0 Å². The zero-order chi connectivity index (χ0) is 15.2. The van der Waals surface area contributed by atoms with Crippen LogP contribution in [0.25, 0.3) is 0 Å². The van der Waals surface area contributed by atoms with Crippen molar-refractivity contribution < 1.29 is 19.4 Å². The van der Waals surface area contributed by atoms with Gasteiger partial charge in [-0.1, -0.05) is 0 Å². The van der Waals surface area contributed by atoms with Crippen LogP contribution < -0.4 is 10.1 Å². The van der Waals surface area contributed by atoms with E-state index in [1.165, 1.54) is 13.2 Å². The number of nitrogens with one attached hydrogen (secondary N) is 1. The molecule has 21 heavy (non-hydrogen) atoms. The van der Waals surface area contributed by atoms with E-state index in [9.17, 15) is 9.90 Å². The number of hydrogen-bond acceptors (Lipinski definition) is 4. The SMILES string of the molecule is COc1ccc(O)c(C(=O)NCC[C@H]2CCO[C@@H](C)C2)c1. The fraction of sp³-hybridized carbons (Fsp3) is 0.562. The van der Waals surface area contributed by atoms with E-state index in [1.54, 1.807) is 12.1 Å². The van der Waals surface area contributed by atoms with Gasteiger partial charge in [0.25, 0.3) is 5.91 Å². The summed E-state index contributed by atoms with van der Waals surface area (Å²) in [5.74, 6) is 0.837. The van der Waals surface area contributed by atoms with Crippen LogP contribution in [0.4, 0.5) is 0 Å². The summed E-state index contributed by atoms with van der Waals surface area (Å²) >= 11 is 0. The number of amides is 1. The van der Waals surface area contributed by atoms with Crippen LogP contribution in [0.2, 0.25) is 0 Å². The molecular formula is C16H23NO4. The van der Waals surface area contributed by atoms with E-state index in [4.69, 9.17) is 9.47 Å². The summed E-state index contributed by atoms with van der Waals surface area (Å²) in [6.07, 6.45) is 3.33. The number of carbonyl (C=O) groups excluding carboxylic acids is 1. The van der Waals surface area contributed by atoms with Gasteiger partial charge in [0.05, 0.1) is 18.8 Å². The van der Waals surface area contributed by atoms with Crippen LogP contribution in [0.1, 0.15) is 36.5 Å². The predicted molar refractivity (Wildman–Crippen MR) is 79.7 cm³/mol. The molecule has 2 N–H and O–H groups in total. The van der Waals surface area contributed by atoms with Crippen molar-refractivity contribution in [2.24, 2.45) is 5.92 Å². The van der Waals surface area contributed by atoms with Crippen molar-refractivity contribution >= 4 is 5.91 Å². The molecule has 116 valence electrons. The lowest BCUT2D eigenvalue weighted by Crippen LogP contribution is -2.29. The molecule has 1 heterocycles. The van der Waals surface area contributed by atoms with Gasteiger partial charge in [-0.05, 0) is 50.3 Å². The van der Waals surface area contributed by atoms with Crippen molar-refractivity contribution in [2.45, 2.75) is 32.3 Å². The number of benzene rings is 1. The van der Waals surface area contributed by atoms with Gasteiger partial charge in [-0.15, -0.1) is 0 Å². The second kappa shape index (κ2) is 7.31. The van der Waals surface area contributed by atoms with Crippen LogP contribution in [-0.4, -0.2) is 37.4 Å². The van der Waals surface area contributed by atoms with Crippen LogP contribution in [-0.2, 0) is 4.74 Å². The highest BCUT2D eigenvalue weighted by atomic mass is 16.5. The number of methoxy groups -OCH3 is 1. The molecule has 1 aromatic rings. The van der Waals surface area contributed by atoms with E-state index >= 15 is 0 Å². The predicted octanol–water partition coefficient (Wildman–Crippen LogP) is 2.34. The molecule has 0 spiro atoms. The summed E-state index contributed by atoms with van der Waals surface area (Å²) in [6, 6.07) is 4.63. The number of phenols is 1. The van der Waals surface area contributed by atoms with Crippen molar-refractivity contribution in [1.29, 1.82) is 0 Å². The van der Waals surface area contributed by atoms with Gasteiger partial charge in [0.2, 0.25) is 0 Å². The number of hydrogen-bond donors (Lipinski definition) is 2. The highest BCUT2D eigenvalue weighted by molar-refractivity contribution is 5.97. The Balaban J connectivity index is 1.84. The fourth-order valence-electron chi connectivity index (χ4n) is 2.66. The molecule has 0 radical (unpaired) electrons. The Hall–Kier alpha value is -1.75. The van der Waals surface area contributed by atoms with Gasteiger partial charge in [0.15, 0.2) is 0 Å². The third-order valence-corrected chi connectivity index (χ3v) is 3.88. The molecule has 0 saturated carbocycles. The minimum Gasteiger partial charge on any atom is -0.507 e. The highest BCUT2D eigenvalue weighted by Crippen LogP contribution is 2.24. The van der Waals surface area contributed by atoms with Crippen LogP contribution in [0, 0.1) is 5.92 Å². The molecular weight excluding hydrogens is 270 g/mol. The van der Waals surface area contributed by atoms with Crippen molar-refractivity contribution in [3.05, 3.63) is 23.8 Å². The number of ether oxygens (including phenoxy) is 2. The molecule has 2 rings (SSSR count). The van der Waals surface area contributed by atoms with E-state index in [0.717, 1.165) is 25.9 Å². The highest BCUT2D eigenvalue weighted by Gasteiger charge is 2.19. The largest absolute Gasteiger partial charge is 0.507 e. The average molecular weight is 293 g/mol. The standard InChI is InChI=1S/C16H23NO4/c1-11-9-12(6-8-21-11)5-7-17-16(19)14-10-13(20-2)3-4-15(14)18/h3-4,10-12,18H,5-9H2,1-2H3,(H,17,19)/t11-,12-/m0/s1. The van der Waals surface area contributed by atoms with Gasteiger partial charge in [-0.25, -0.2) is 0 Å². The molecule has 2 atom stereocenters. The average Bonchev–Trinajstić information content (AvgIpc) is 2.47. The monoisotopic (exact) mass is 293 g/mol. The van der Waals surface area contributed by atoms with E-state index in [-0.39, 0.29) is 17.2 Å². The van der Waals surface area contributed by atoms with Gasteiger partial charge >= 0.3 is 0 Å². The van der Waals surface area contributed by atoms with Crippen LogP contribution in [0.5, 0.6) is 11.5 Å². The molecule has 0 aromatic heterocycles. The molecule has 1 fully saturated rings. The second-order valence-corrected chi connectivity index (χ2v) is 5.50. The molecule has 1 saturated heterocycles. The Morgan fingerprint density at radius 3 is 3.05 bits per heavy atom. The van der Waals surface area contributed by atoms with Gasteiger partial charge in [-0.2, -0.15) is 0 Å². The van der Waals surface area contributed by atoms with Crippen LogP contribution >= 0.6 is 0 Å². The van der Waals surface area contributed by atoms with Gasteiger partial charge in [0.1, 0.15) is 11.5 Å². The maximum atomic E-state index is 12.1. The Bertz CT molecular complexity index is 489. The third kappa shape index (κ3) is 4.36. The Morgan fingerprint density at radius 1 is 1.52 bits per heavy atom. The summed E-state index contributed by atoms with van der Waals surface area (Å²) < 4.78 is 10.6. The molecule has 0 aliphatic carbocycles. The molecule has 5 heteroatoms. The van der Waals surface area contributed by atoms with E-state index in [2.05, 4.69) is 12.2 Å². The lowest BCUT2D eigenvalue weighted by Gasteiger charge is -2.27. The third-order valence-electron chi connectivity index (χ3n) is 3.88. The first kappa shape index (κ1) is 15.6. The van der Waals surface area contributed by atoms with E-state index in [0.29, 0.717) is 24.3 Å². The Morgan fingerprint density at radius 2 is 2.33 bits per heavy atom. The number of phenolic OH excluding ortho intramolecular Hbond substituents is 1. The maximum absolute atomic E-state index is 12.1. The molecule has 1 amide bonds. The van der Waals surface area contributed by atoms with Crippen LogP contribution in [0.3, 0.4) is 0 Å². The lowest BCUT2D eigenvalue weighted by atomic mass is 9.93. The minimum atomic E-state index is -0.272. The number of carbonyl (C=O) groups is 1. The first-order chi connectivity index (χ1) is 10.1. The summed E-state index contributed by atoms with van der Waals surface area (Å²) in [5.41, 5.74) is 0.245. The molecule has 1 aliphatic rings. The summed E-state index contributed by atoms with van der Waals surface area (Å²) in [7, 11) is 1.53. The number of aromatic hydroxyl groups is 1. The van der Waals surface area contributed by atoms with Crippen molar-refractivity contribution in [3.8, 4) is 11.5 Å². The lowest BCUT2D eigenvalue weighted by molar-refractivity contribution is 0.00109. The van der Waals surface area contributed by atoms with E-state index in [1.807, 2.05) is 0 Å². The van der Waals surface area contributed by atoms with Gasteiger partial charge in [0, 0.05) is 13.2 Å². The fourth-order valence-corrected chi connectivity index (χ4v) is 2.66. The maximum Gasteiger partial charge on any atom is 0.255 e. The Kier molecular flexibility index (Phi) is 5.44. The van der Waals surface area contributed by atoms with Gasteiger partial charge in [-0.3, -0.25) is 4.79 Å². The normalized spacial score (nSPS) is 21.8. The number of rotatable bonds is 5. The molecule has 1 aromatic carbocycles. The smallest absolute Gasteiger partial charge is 0.255 e. The summed E-state index contributed by atoms with van der Waals surface area (Å²) in [5, 5.41) is 12.6. The zero-order valence-corrected chi connectivity index (χ0v) is 12.6. The summed E-state index contributed by atoms with van der Waals surface area (Å²) in [4.78, 5) is 12.1. The van der Waals surface area contributed by atoms with Gasteiger partial charge < -0.3 is 19.9 Å². The second-order valence-electron chi connectivity index (χ2n) is 5.50. The minimum absolute atomic E-state index is 0.0343. The summed E-state index contributed by atoms with van der Waals surface area (Å²) in [6.45, 7) is 3.49. The zero-order valence-electron chi connectivity index (χ0n) is 12.6. The van der Waals surface area contributed by atoms with E-state index < -0.39 is 0 Å². The van der Waals surface area contributed by atoms with Crippen molar-refractivity contribution in [2.75, 3.05) is 20.3 Å². The Labute approximate surface area is 125 Å². The first-order valence-electron chi connectivity index (χ1n) is 7.37. The topological polar surface area (TPSA) is 67.8 Å². The molecule has 0 unspecified atom stereocenters. The van der Waals surface area contributed by atoms with Crippen LogP contribution in [0.15, 0.2) is 18.2 Å². The molecule has 5 nitrogen and oxygen atoms in total.